The van der Waals surface area contributed by atoms with Crippen molar-refractivity contribution in [2.45, 2.75) is 19.8 Å². The highest BCUT2D eigenvalue weighted by Crippen LogP contribution is 2.27. The van der Waals surface area contributed by atoms with Crippen molar-refractivity contribution >= 4 is 22.4 Å². The first-order chi connectivity index (χ1) is 9.62. The molecule has 0 bridgehead atoms. The van der Waals surface area contributed by atoms with E-state index in [9.17, 15) is 13.2 Å². The van der Waals surface area contributed by atoms with Gasteiger partial charge in [0.2, 0.25) is 15.9 Å². The van der Waals surface area contributed by atoms with Gasteiger partial charge in [-0.25, -0.2) is 13.1 Å². The molecule has 124 valence electrons. The molecular formula is C12H25N3O5S. The maximum atomic E-state index is 11.5. The Hall–Kier alpha value is -1.19. The van der Waals surface area contributed by atoms with Crippen LogP contribution in [0.2, 0.25) is 0 Å². The quantitative estimate of drug-likeness (QED) is 0.545. The molecule has 0 aromatic heterocycles. The minimum absolute atomic E-state index is 0.109. The van der Waals surface area contributed by atoms with Crippen LogP contribution in [0.25, 0.3) is 0 Å². The Labute approximate surface area is 125 Å². The number of likely N-dealkylation sites (tertiary alicyclic amines) is 1. The van der Waals surface area contributed by atoms with Crippen LogP contribution < -0.4 is 10.0 Å². The van der Waals surface area contributed by atoms with Gasteiger partial charge in [-0.15, -0.1) is 0 Å². The predicted octanol–water partition coefficient (Wildman–Crippen LogP) is -0.915. The standard InChI is InChI=1S/C11H23N3O3S.CH2O2/c1-11(5-7-14(2)9-11)8-12-10(15)4-6-13-18(3,16)17;2-1-3/h13H,4-9H2,1-3H3,(H,12,15);1H,(H,2,3). The van der Waals surface area contributed by atoms with Crippen molar-refractivity contribution in [3.05, 3.63) is 0 Å². The normalized spacial score (nSPS) is 22.2. The average Bonchev–Trinajstić information content (AvgIpc) is 2.67. The number of rotatable bonds is 6. The Morgan fingerprint density at radius 1 is 1.48 bits per heavy atom. The van der Waals surface area contributed by atoms with E-state index in [1.165, 1.54) is 0 Å². The van der Waals surface area contributed by atoms with E-state index in [1.54, 1.807) is 0 Å². The third-order valence-corrected chi connectivity index (χ3v) is 3.91. The van der Waals surface area contributed by atoms with Gasteiger partial charge in [0.05, 0.1) is 6.26 Å². The van der Waals surface area contributed by atoms with E-state index in [1.807, 2.05) is 0 Å². The lowest BCUT2D eigenvalue weighted by Crippen LogP contribution is -2.38. The summed E-state index contributed by atoms with van der Waals surface area (Å²) in [5.41, 5.74) is 0.134. The highest BCUT2D eigenvalue weighted by atomic mass is 32.2. The third-order valence-electron chi connectivity index (χ3n) is 3.18. The summed E-state index contributed by atoms with van der Waals surface area (Å²) in [6.45, 7) is 4.75. The van der Waals surface area contributed by atoms with Gasteiger partial charge in [0.15, 0.2) is 0 Å². The van der Waals surface area contributed by atoms with Crippen molar-refractivity contribution in [2.75, 3.05) is 39.5 Å². The number of carboxylic acid groups (broad SMARTS) is 1. The number of hydrogen-bond acceptors (Lipinski definition) is 5. The molecule has 0 aliphatic carbocycles. The zero-order valence-electron chi connectivity index (χ0n) is 12.8. The summed E-state index contributed by atoms with van der Waals surface area (Å²) in [6.07, 6.45) is 2.34. The summed E-state index contributed by atoms with van der Waals surface area (Å²) < 4.78 is 23.9. The minimum atomic E-state index is -3.21. The fraction of sp³-hybridized carbons (Fsp3) is 0.833. The number of amides is 1. The van der Waals surface area contributed by atoms with Gasteiger partial charge < -0.3 is 15.3 Å². The lowest BCUT2D eigenvalue weighted by Gasteiger charge is -2.24. The summed E-state index contributed by atoms with van der Waals surface area (Å²) >= 11 is 0. The molecule has 3 N–H and O–H groups in total. The molecule has 1 aliphatic heterocycles. The number of nitrogens with zero attached hydrogens (tertiary/aromatic N) is 1. The second-order valence-corrected chi connectivity index (χ2v) is 7.43. The van der Waals surface area contributed by atoms with Crippen LogP contribution in [-0.4, -0.2) is 70.3 Å². The van der Waals surface area contributed by atoms with Crippen LogP contribution in [-0.2, 0) is 19.6 Å². The minimum Gasteiger partial charge on any atom is -0.483 e. The van der Waals surface area contributed by atoms with Crippen molar-refractivity contribution in [3.63, 3.8) is 0 Å². The van der Waals surface area contributed by atoms with Crippen molar-refractivity contribution in [3.8, 4) is 0 Å². The van der Waals surface area contributed by atoms with Gasteiger partial charge >= 0.3 is 0 Å². The van der Waals surface area contributed by atoms with E-state index in [2.05, 4.69) is 28.9 Å². The number of sulfonamides is 1. The number of carbonyl (C=O) groups excluding carboxylic acids is 1. The van der Waals surface area contributed by atoms with Gasteiger partial charge in [0, 0.05) is 26.1 Å². The molecule has 0 aromatic carbocycles. The zero-order chi connectivity index (χ0) is 16.5. The van der Waals surface area contributed by atoms with Gasteiger partial charge in [-0.1, -0.05) is 6.92 Å². The summed E-state index contributed by atoms with van der Waals surface area (Å²) in [4.78, 5) is 22.2. The van der Waals surface area contributed by atoms with E-state index >= 15 is 0 Å². The van der Waals surface area contributed by atoms with Crippen molar-refractivity contribution in [1.82, 2.24) is 14.9 Å². The van der Waals surface area contributed by atoms with Crippen LogP contribution in [0.4, 0.5) is 0 Å². The van der Waals surface area contributed by atoms with Crippen LogP contribution in [0, 0.1) is 5.41 Å². The van der Waals surface area contributed by atoms with E-state index in [4.69, 9.17) is 9.90 Å². The summed E-state index contributed by atoms with van der Waals surface area (Å²) in [6, 6.07) is 0. The fourth-order valence-electron chi connectivity index (χ4n) is 2.17. The fourth-order valence-corrected chi connectivity index (χ4v) is 2.64. The van der Waals surface area contributed by atoms with Gasteiger partial charge in [-0.05, 0) is 25.4 Å². The van der Waals surface area contributed by atoms with Crippen LogP contribution in [0.15, 0.2) is 0 Å². The molecule has 1 saturated heterocycles. The topological polar surface area (TPSA) is 116 Å². The van der Waals surface area contributed by atoms with Crippen molar-refractivity contribution < 1.29 is 23.1 Å². The van der Waals surface area contributed by atoms with Gasteiger partial charge in [-0.2, -0.15) is 0 Å². The first-order valence-electron chi connectivity index (χ1n) is 6.59. The molecule has 1 atom stereocenters. The zero-order valence-corrected chi connectivity index (χ0v) is 13.6. The third kappa shape index (κ3) is 10.2. The molecular weight excluding hydrogens is 298 g/mol. The molecule has 1 fully saturated rings. The monoisotopic (exact) mass is 323 g/mol. The van der Waals surface area contributed by atoms with Crippen molar-refractivity contribution in [1.29, 1.82) is 0 Å². The molecule has 1 rings (SSSR count). The molecule has 1 aliphatic rings. The summed E-state index contributed by atoms with van der Waals surface area (Å²) in [5.74, 6) is -0.109. The number of carbonyl (C=O) groups is 2. The van der Waals surface area contributed by atoms with Crippen LogP contribution in [0.1, 0.15) is 19.8 Å². The molecule has 0 spiro atoms. The Morgan fingerprint density at radius 3 is 2.48 bits per heavy atom. The van der Waals surface area contributed by atoms with E-state index in [0.29, 0.717) is 6.54 Å². The molecule has 0 aromatic rings. The second kappa shape index (κ2) is 8.96. The molecule has 1 unspecified atom stereocenters. The van der Waals surface area contributed by atoms with Crippen LogP contribution in [0.5, 0.6) is 0 Å². The van der Waals surface area contributed by atoms with Crippen molar-refractivity contribution in [2.24, 2.45) is 5.41 Å². The largest absolute Gasteiger partial charge is 0.483 e. The SMILES string of the molecule is CN1CCC(C)(CNC(=O)CCNS(C)(=O)=O)C1.O=CO. The maximum Gasteiger partial charge on any atom is 0.290 e. The van der Waals surface area contributed by atoms with E-state index in [-0.39, 0.29) is 30.8 Å². The number of nitrogens with one attached hydrogen (secondary N) is 2. The van der Waals surface area contributed by atoms with Crippen LogP contribution >= 0.6 is 0 Å². The highest BCUT2D eigenvalue weighted by Gasteiger charge is 2.31. The highest BCUT2D eigenvalue weighted by molar-refractivity contribution is 7.88. The molecule has 8 nitrogen and oxygen atoms in total. The van der Waals surface area contributed by atoms with Gasteiger partial charge in [0.1, 0.15) is 0 Å². The first-order valence-corrected chi connectivity index (χ1v) is 8.49. The molecule has 21 heavy (non-hydrogen) atoms. The Bertz CT molecular complexity index is 440. The molecule has 0 radical (unpaired) electrons. The summed E-state index contributed by atoms with van der Waals surface area (Å²) in [5, 5.41) is 9.76. The predicted molar refractivity (Wildman–Crippen MR) is 79.4 cm³/mol. The number of hydrogen-bond donors (Lipinski definition) is 3. The Morgan fingerprint density at radius 2 is 2.05 bits per heavy atom. The van der Waals surface area contributed by atoms with Gasteiger partial charge in [-0.3, -0.25) is 9.59 Å². The van der Waals surface area contributed by atoms with Crippen LogP contribution in [0.3, 0.4) is 0 Å². The Balaban J connectivity index is 0.00000122. The maximum absolute atomic E-state index is 11.5. The smallest absolute Gasteiger partial charge is 0.290 e. The second-order valence-electron chi connectivity index (χ2n) is 5.60. The molecule has 0 saturated carbocycles. The Kier molecular flexibility index (Phi) is 8.45. The average molecular weight is 323 g/mol. The molecule has 1 amide bonds. The van der Waals surface area contributed by atoms with Gasteiger partial charge in [0.25, 0.3) is 6.47 Å². The first kappa shape index (κ1) is 19.8. The lowest BCUT2D eigenvalue weighted by atomic mass is 9.90. The summed E-state index contributed by atoms with van der Waals surface area (Å²) in [7, 11) is -1.13. The molecule has 1 heterocycles. The van der Waals surface area contributed by atoms with E-state index < -0.39 is 10.0 Å². The van der Waals surface area contributed by atoms with E-state index in [0.717, 1.165) is 25.8 Å². The lowest BCUT2D eigenvalue weighted by molar-refractivity contribution is -0.123. The molecule has 9 heteroatoms.